The lowest BCUT2D eigenvalue weighted by Crippen LogP contribution is -2.19. The smallest absolute Gasteiger partial charge is 0.200 e. The van der Waals surface area contributed by atoms with E-state index in [-0.39, 0.29) is 11.1 Å². The summed E-state index contributed by atoms with van der Waals surface area (Å²) in [4.78, 5) is 0. The van der Waals surface area contributed by atoms with Crippen LogP contribution < -0.4 is 0 Å². The van der Waals surface area contributed by atoms with Crippen molar-refractivity contribution in [2.24, 2.45) is 0 Å². The molecule has 0 aliphatic heterocycles. The van der Waals surface area contributed by atoms with Gasteiger partial charge in [0.1, 0.15) is 10.5 Å². The molecular weight excluding hydrogens is 774 g/mol. The van der Waals surface area contributed by atoms with Crippen LogP contribution in [0.4, 0.5) is 43.9 Å². The molecule has 0 aliphatic carbocycles. The predicted molar refractivity (Wildman–Crippen MR) is 153 cm³/mol. The third-order valence-electron chi connectivity index (χ3n) is 6.47. The molecule has 0 aliphatic rings. The summed E-state index contributed by atoms with van der Waals surface area (Å²) in [5.41, 5.74) is -3.10. The van der Waals surface area contributed by atoms with E-state index in [0.29, 0.717) is 33.2 Å². The molecule has 15 heteroatoms. The predicted octanol–water partition coefficient (Wildman–Crippen LogP) is 10.2. The number of hydrogen-bond acceptors (Lipinski definition) is 2. The van der Waals surface area contributed by atoms with Crippen molar-refractivity contribution in [1.29, 1.82) is 0 Å². The molecule has 2 atom stereocenters. The molecule has 0 bridgehead atoms. The van der Waals surface area contributed by atoms with Crippen LogP contribution in [0.1, 0.15) is 32.8 Å². The fourth-order valence-corrected chi connectivity index (χ4v) is 6.70. The van der Waals surface area contributed by atoms with Gasteiger partial charge in [0.15, 0.2) is 56.4 Å². The van der Waals surface area contributed by atoms with Gasteiger partial charge in [0.25, 0.3) is 0 Å². The SMILES string of the molecule is O=S(=O)(C(C=Cc1c(F)c(F)c(F)c(F)c1F)c1ccc(Br)cc1)C(C=Cc1c(F)c(F)c(F)c(F)c1F)c1ccc(Br)cc1. The largest absolute Gasteiger partial charge is 0.227 e. The van der Waals surface area contributed by atoms with Crippen LogP contribution in [0.5, 0.6) is 0 Å². The maximum Gasteiger partial charge on any atom is 0.200 e. The number of hydrogen-bond donors (Lipinski definition) is 0. The molecule has 4 aromatic rings. The van der Waals surface area contributed by atoms with Gasteiger partial charge in [-0.25, -0.2) is 52.3 Å². The summed E-state index contributed by atoms with van der Waals surface area (Å²) in [5.74, 6) is -23.0. The van der Waals surface area contributed by atoms with E-state index in [1.165, 1.54) is 48.5 Å². The number of benzene rings is 4. The Morgan fingerprint density at radius 3 is 0.956 bits per heavy atom. The molecule has 2 unspecified atom stereocenters. The van der Waals surface area contributed by atoms with Crippen molar-refractivity contribution in [2.45, 2.75) is 10.5 Å². The quantitative estimate of drug-likeness (QED) is 0.101. The average molecular weight is 788 g/mol. The monoisotopic (exact) mass is 786 g/mol. The molecule has 45 heavy (non-hydrogen) atoms. The number of rotatable bonds is 8. The van der Waals surface area contributed by atoms with Crippen LogP contribution in [0.25, 0.3) is 12.2 Å². The minimum atomic E-state index is -4.86. The van der Waals surface area contributed by atoms with Crippen LogP contribution in [0, 0.1) is 58.2 Å². The van der Waals surface area contributed by atoms with E-state index >= 15 is 0 Å². The first-order valence-corrected chi connectivity index (χ1v) is 15.4. The normalized spacial score (nSPS) is 13.6. The zero-order valence-corrected chi connectivity index (χ0v) is 25.8. The first-order valence-electron chi connectivity index (χ1n) is 12.2. The minimum Gasteiger partial charge on any atom is -0.227 e. The van der Waals surface area contributed by atoms with Crippen molar-refractivity contribution in [1.82, 2.24) is 0 Å². The van der Waals surface area contributed by atoms with Gasteiger partial charge in [-0.1, -0.05) is 80.4 Å². The van der Waals surface area contributed by atoms with Gasteiger partial charge in [-0.3, -0.25) is 0 Å². The van der Waals surface area contributed by atoms with Crippen molar-refractivity contribution >= 4 is 53.8 Å². The molecule has 2 nitrogen and oxygen atoms in total. The highest BCUT2D eigenvalue weighted by Gasteiger charge is 2.35. The Morgan fingerprint density at radius 2 is 0.689 bits per heavy atom. The summed E-state index contributed by atoms with van der Waals surface area (Å²) < 4.78 is 170. The molecule has 0 saturated carbocycles. The zero-order chi connectivity index (χ0) is 33.4. The van der Waals surface area contributed by atoms with Gasteiger partial charge >= 0.3 is 0 Å². The van der Waals surface area contributed by atoms with Crippen LogP contribution in [0.2, 0.25) is 0 Å². The standard InChI is InChI=1S/C30H14Br2F10O2S/c31-15-5-1-13(2-6-15)19(11-9-17-21(33)25(37)29(41)26(38)22(17)34)45(43,44)20(14-3-7-16(32)8-4-14)12-10-18-23(35)27(39)30(42)28(40)24(18)36/h1-12,19-20H. The van der Waals surface area contributed by atoms with Gasteiger partial charge < -0.3 is 0 Å². The zero-order valence-electron chi connectivity index (χ0n) is 21.8. The lowest BCUT2D eigenvalue weighted by atomic mass is 10.1. The molecule has 4 rings (SSSR count). The topological polar surface area (TPSA) is 34.1 Å². The lowest BCUT2D eigenvalue weighted by molar-refractivity contribution is 0.377. The summed E-state index contributed by atoms with van der Waals surface area (Å²) in [7, 11) is -4.86. The summed E-state index contributed by atoms with van der Waals surface area (Å²) in [6, 6.07) is 10.5. The number of sulfone groups is 1. The summed E-state index contributed by atoms with van der Waals surface area (Å²) in [5, 5.41) is -3.87. The van der Waals surface area contributed by atoms with Crippen molar-refractivity contribution in [2.75, 3.05) is 0 Å². The molecule has 0 radical (unpaired) electrons. The maximum absolute atomic E-state index is 14.4. The Balaban J connectivity index is 1.95. The van der Waals surface area contributed by atoms with E-state index in [4.69, 9.17) is 0 Å². The van der Waals surface area contributed by atoms with Crippen molar-refractivity contribution in [3.63, 3.8) is 0 Å². The van der Waals surface area contributed by atoms with Gasteiger partial charge in [-0.15, -0.1) is 0 Å². The summed E-state index contributed by atoms with van der Waals surface area (Å²) in [6.07, 6.45) is 2.00. The fourth-order valence-electron chi connectivity index (χ4n) is 4.19. The molecule has 0 saturated heterocycles. The second-order valence-electron chi connectivity index (χ2n) is 9.22. The number of halogens is 12. The molecule has 0 amide bonds. The molecule has 0 heterocycles. The fraction of sp³-hybridized carbons (Fsp3) is 0.0667. The molecule has 0 fully saturated rings. The van der Waals surface area contributed by atoms with Gasteiger partial charge in [-0.2, -0.15) is 0 Å². The first-order chi connectivity index (χ1) is 21.1. The second kappa shape index (κ2) is 13.5. The van der Waals surface area contributed by atoms with Crippen molar-refractivity contribution in [3.8, 4) is 0 Å². The molecular formula is C30H14Br2F10O2S. The molecule has 0 aromatic heterocycles. The van der Waals surface area contributed by atoms with E-state index in [2.05, 4.69) is 31.9 Å². The molecule has 236 valence electrons. The van der Waals surface area contributed by atoms with Crippen molar-refractivity contribution in [3.05, 3.63) is 150 Å². The van der Waals surface area contributed by atoms with Gasteiger partial charge in [0.2, 0.25) is 11.6 Å². The van der Waals surface area contributed by atoms with Crippen LogP contribution in [-0.2, 0) is 9.84 Å². The van der Waals surface area contributed by atoms with Crippen LogP contribution in [0.3, 0.4) is 0 Å². The lowest BCUT2D eigenvalue weighted by Gasteiger charge is -2.22. The Kier molecular flexibility index (Phi) is 10.3. The van der Waals surface area contributed by atoms with E-state index in [9.17, 15) is 52.3 Å². The van der Waals surface area contributed by atoms with E-state index in [0.717, 1.165) is 0 Å². The van der Waals surface area contributed by atoms with Gasteiger partial charge in [0.05, 0.1) is 11.1 Å². The maximum atomic E-state index is 14.4. The molecule has 0 N–H and O–H groups in total. The van der Waals surface area contributed by atoms with E-state index in [1.807, 2.05) is 0 Å². The highest BCUT2D eigenvalue weighted by Crippen LogP contribution is 2.39. The van der Waals surface area contributed by atoms with E-state index in [1.54, 1.807) is 0 Å². The Hall–Kier alpha value is -3.43. The highest BCUT2D eigenvalue weighted by molar-refractivity contribution is 9.10. The van der Waals surface area contributed by atoms with Crippen LogP contribution >= 0.6 is 31.9 Å². The minimum absolute atomic E-state index is 0.0925. The molecule has 0 spiro atoms. The Morgan fingerprint density at radius 1 is 0.444 bits per heavy atom. The first kappa shape index (κ1) is 34.4. The third-order valence-corrected chi connectivity index (χ3v) is 9.80. The van der Waals surface area contributed by atoms with Crippen LogP contribution in [0.15, 0.2) is 69.6 Å². The van der Waals surface area contributed by atoms with Gasteiger partial charge in [0, 0.05) is 8.95 Å². The van der Waals surface area contributed by atoms with Crippen molar-refractivity contribution < 1.29 is 52.3 Å². The second-order valence-corrected chi connectivity index (χ2v) is 13.2. The van der Waals surface area contributed by atoms with E-state index < -0.39 is 89.6 Å². The highest BCUT2D eigenvalue weighted by atomic mass is 79.9. The Bertz CT molecular complexity index is 1750. The third kappa shape index (κ3) is 6.75. The summed E-state index contributed by atoms with van der Waals surface area (Å²) >= 11 is 6.31. The summed E-state index contributed by atoms with van der Waals surface area (Å²) in [6.45, 7) is 0. The Labute approximate surface area is 265 Å². The van der Waals surface area contributed by atoms with Gasteiger partial charge in [-0.05, 0) is 35.4 Å². The van der Waals surface area contributed by atoms with Crippen LogP contribution in [-0.4, -0.2) is 8.42 Å². The average Bonchev–Trinajstić information content (AvgIpc) is 3.01. The molecule has 4 aromatic carbocycles.